The van der Waals surface area contributed by atoms with Gasteiger partial charge in [0.2, 0.25) is 0 Å². The lowest BCUT2D eigenvalue weighted by molar-refractivity contribution is 1.20. The lowest BCUT2D eigenvalue weighted by Gasteiger charge is -2.16. The van der Waals surface area contributed by atoms with Crippen LogP contribution in [0.4, 0.5) is 0 Å². The summed E-state index contributed by atoms with van der Waals surface area (Å²) in [6, 6.07) is 68.3. The number of nitrogens with zero attached hydrogens (tertiary/aromatic N) is 2. The van der Waals surface area contributed by atoms with Gasteiger partial charge in [0.05, 0.1) is 22.4 Å². The smallest absolute Gasteiger partial charge is 0.131 e. The van der Waals surface area contributed by atoms with E-state index in [4.69, 9.17) is 10.7 Å². The molecule has 0 radical (unpaired) electrons. The quantitative estimate of drug-likeness (QED) is 0.0797. The number of nitrogens with two attached hydrogens (primary N) is 1. The van der Waals surface area contributed by atoms with Gasteiger partial charge in [0.1, 0.15) is 5.84 Å². The van der Waals surface area contributed by atoms with Gasteiger partial charge in [-0.25, -0.2) is 4.99 Å². The summed E-state index contributed by atoms with van der Waals surface area (Å²) >= 11 is 0. The Kier molecular flexibility index (Phi) is 10.5. The molecule has 59 heavy (non-hydrogen) atoms. The van der Waals surface area contributed by atoms with E-state index in [9.17, 15) is 0 Å². The van der Waals surface area contributed by atoms with Gasteiger partial charge in [-0.1, -0.05) is 201 Å². The number of amidine groups is 1. The highest BCUT2D eigenvalue weighted by molar-refractivity contribution is 6.13. The number of rotatable bonds is 11. The van der Waals surface area contributed by atoms with Gasteiger partial charge in [0, 0.05) is 27.3 Å². The van der Waals surface area contributed by atoms with Crippen molar-refractivity contribution in [1.82, 2.24) is 4.57 Å². The first kappa shape index (κ1) is 36.9. The Bertz CT molecular complexity index is 2960. The van der Waals surface area contributed by atoms with E-state index in [1.165, 1.54) is 33.0 Å². The number of hydrogen-bond donors (Lipinski definition) is 1. The van der Waals surface area contributed by atoms with Crippen molar-refractivity contribution in [3.05, 3.63) is 248 Å². The van der Waals surface area contributed by atoms with Crippen molar-refractivity contribution < 1.29 is 0 Å². The Morgan fingerprint density at radius 1 is 0.525 bits per heavy atom. The summed E-state index contributed by atoms with van der Waals surface area (Å²) in [6.07, 6.45) is 11.0. The molecule has 8 aromatic carbocycles. The topological polar surface area (TPSA) is 43.3 Å². The second-order valence-electron chi connectivity index (χ2n) is 14.5. The summed E-state index contributed by atoms with van der Waals surface area (Å²) in [4.78, 5) is 5.12. The SMILES string of the molecule is C=C/C(=C\C=C\C/C=C(\N=C(N)c1ccccc1)c1ccc(-n2c3ccc(-c4ccccc4)cc3c3cc(-c4ccccc4)ccc32)c2ccccc12)c1ccccc1. The molecule has 0 aliphatic carbocycles. The van der Waals surface area contributed by atoms with Crippen molar-refractivity contribution >= 4 is 49.7 Å². The molecule has 282 valence electrons. The minimum absolute atomic E-state index is 0.470. The van der Waals surface area contributed by atoms with Gasteiger partial charge in [0.25, 0.3) is 0 Å². The van der Waals surface area contributed by atoms with Gasteiger partial charge in [0.15, 0.2) is 0 Å². The molecule has 0 saturated heterocycles. The largest absolute Gasteiger partial charge is 0.383 e. The predicted octanol–water partition coefficient (Wildman–Crippen LogP) is 14.2. The monoisotopic (exact) mass is 757 g/mol. The first-order valence-electron chi connectivity index (χ1n) is 20.0. The Labute approximate surface area is 345 Å². The molecular weight excluding hydrogens is 715 g/mol. The van der Waals surface area contributed by atoms with E-state index in [0.717, 1.165) is 55.5 Å². The van der Waals surface area contributed by atoms with Gasteiger partial charge >= 0.3 is 0 Å². The summed E-state index contributed by atoms with van der Waals surface area (Å²) in [6.45, 7) is 4.04. The van der Waals surface area contributed by atoms with Crippen LogP contribution in [-0.4, -0.2) is 10.4 Å². The van der Waals surface area contributed by atoms with E-state index in [1.807, 2.05) is 54.6 Å². The predicted molar refractivity (Wildman–Crippen MR) is 253 cm³/mol. The van der Waals surface area contributed by atoms with E-state index < -0.39 is 0 Å². The normalized spacial score (nSPS) is 12.5. The fourth-order valence-electron chi connectivity index (χ4n) is 7.97. The van der Waals surface area contributed by atoms with Crippen molar-refractivity contribution in [1.29, 1.82) is 0 Å². The van der Waals surface area contributed by atoms with Crippen LogP contribution < -0.4 is 5.73 Å². The van der Waals surface area contributed by atoms with Crippen LogP contribution in [0.15, 0.2) is 236 Å². The number of aliphatic imine (C=N–C) groups is 1. The molecule has 3 heteroatoms. The van der Waals surface area contributed by atoms with Gasteiger partial charge < -0.3 is 10.3 Å². The maximum atomic E-state index is 6.74. The zero-order chi connectivity index (χ0) is 40.0. The molecule has 9 rings (SSSR count). The molecule has 2 N–H and O–H groups in total. The van der Waals surface area contributed by atoms with Crippen LogP contribution in [0.3, 0.4) is 0 Å². The van der Waals surface area contributed by atoms with Crippen LogP contribution in [0.5, 0.6) is 0 Å². The van der Waals surface area contributed by atoms with Gasteiger partial charge in [-0.2, -0.15) is 0 Å². The summed E-state index contributed by atoms with van der Waals surface area (Å²) in [5.74, 6) is 0.470. The Balaban J connectivity index is 1.19. The molecule has 0 amide bonds. The van der Waals surface area contributed by atoms with Crippen LogP contribution in [0.25, 0.3) is 71.8 Å². The second kappa shape index (κ2) is 16.8. The molecule has 0 aliphatic rings. The summed E-state index contributed by atoms with van der Waals surface area (Å²) in [5, 5.41) is 4.64. The molecule has 0 spiro atoms. The van der Waals surface area contributed by atoms with E-state index in [1.54, 1.807) is 0 Å². The molecule has 0 atom stereocenters. The Hall–Kier alpha value is -7.75. The molecule has 1 heterocycles. The third-order valence-corrected chi connectivity index (χ3v) is 10.9. The Morgan fingerprint density at radius 3 is 1.63 bits per heavy atom. The molecule has 3 nitrogen and oxygen atoms in total. The molecular formula is C56H43N3. The van der Waals surface area contributed by atoms with E-state index in [2.05, 4.69) is 181 Å². The number of aromatic nitrogens is 1. The van der Waals surface area contributed by atoms with E-state index in [-0.39, 0.29) is 0 Å². The molecule has 0 saturated carbocycles. The molecule has 0 bridgehead atoms. The number of fused-ring (bicyclic) bond motifs is 4. The number of hydrogen-bond acceptors (Lipinski definition) is 1. The molecule has 0 unspecified atom stereocenters. The van der Waals surface area contributed by atoms with Crippen LogP contribution in [0.2, 0.25) is 0 Å². The van der Waals surface area contributed by atoms with Crippen molar-refractivity contribution in [3.63, 3.8) is 0 Å². The zero-order valence-corrected chi connectivity index (χ0v) is 32.7. The molecule has 1 aromatic heterocycles. The summed E-state index contributed by atoms with van der Waals surface area (Å²) < 4.78 is 2.42. The number of benzene rings is 8. The molecule has 0 fully saturated rings. The second-order valence-corrected chi connectivity index (χ2v) is 14.5. The van der Waals surface area contributed by atoms with Crippen LogP contribution >= 0.6 is 0 Å². The lowest BCUT2D eigenvalue weighted by atomic mass is 9.99. The average molecular weight is 758 g/mol. The van der Waals surface area contributed by atoms with Crippen LogP contribution in [-0.2, 0) is 0 Å². The minimum Gasteiger partial charge on any atom is -0.383 e. The third-order valence-electron chi connectivity index (χ3n) is 10.9. The molecule has 9 aromatic rings. The van der Waals surface area contributed by atoms with E-state index in [0.29, 0.717) is 12.3 Å². The fourth-order valence-corrected chi connectivity index (χ4v) is 7.97. The summed E-state index contributed by atoms with van der Waals surface area (Å²) in [7, 11) is 0. The van der Waals surface area contributed by atoms with Crippen molar-refractivity contribution in [2.75, 3.05) is 0 Å². The fraction of sp³-hybridized carbons (Fsp3) is 0.0179. The highest BCUT2D eigenvalue weighted by Crippen LogP contribution is 2.40. The van der Waals surface area contributed by atoms with Crippen LogP contribution in [0, 0.1) is 0 Å². The zero-order valence-electron chi connectivity index (χ0n) is 32.7. The van der Waals surface area contributed by atoms with E-state index >= 15 is 0 Å². The van der Waals surface area contributed by atoms with Gasteiger partial charge in [-0.3, -0.25) is 0 Å². The maximum absolute atomic E-state index is 6.74. The standard InChI is InChI=1S/C56H43N3/c1-2-40(41-21-9-3-10-22-41)20-8-7-17-31-52(58-56(57)44-27-15-6-16-28-44)48-34-37-53(49-30-19-18-29-47(48)49)59-54-35-32-45(42-23-11-4-12-24-42)38-50(54)51-39-46(33-36-55(51)59)43-25-13-5-14-26-43/h2-16,18-39H,1,17H2,(H2,57,58)/b8-7+,40-20+,52-31-. The average Bonchev–Trinajstić information content (AvgIpc) is 3.63. The third kappa shape index (κ3) is 7.58. The minimum atomic E-state index is 0.470. The highest BCUT2D eigenvalue weighted by Gasteiger charge is 2.18. The van der Waals surface area contributed by atoms with Crippen LogP contribution in [0.1, 0.15) is 23.1 Å². The van der Waals surface area contributed by atoms with Gasteiger partial charge in [-0.15, -0.1) is 0 Å². The van der Waals surface area contributed by atoms with Gasteiger partial charge in [-0.05, 0) is 75.5 Å². The summed E-state index contributed by atoms with van der Waals surface area (Å²) in [5.41, 5.74) is 19.8. The first-order chi connectivity index (χ1) is 29.2. The maximum Gasteiger partial charge on any atom is 0.131 e. The highest BCUT2D eigenvalue weighted by atomic mass is 15.0. The number of allylic oxidation sites excluding steroid dienone is 6. The van der Waals surface area contributed by atoms with Crippen molar-refractivity contribution in [3.8, 4) is 27.9 Å². The lowest BCUT2D eigenvalue weighted by Crippen LogP contribution is -2.13. The van der Waals surface area contributed by atoms with Crippen molar-refractivity contribution in [2.45, 2.75) is 6.42 Å². The Morgan fingerprint density at radius 2 is 1.05 bits per heavy atom. The first-order valence-corrected chi connectivity index (χ1v) is 20.0. The molecule has 0 aliphatic heterocycles. The van der Waals surface area contributed by atoms with Crippen molar-refractivity contribution in [2.24, 2.45) is 10.7 Å².